The van der Waals surface area contributed by atoms with E-state index in [-0.39, 0.29) is 6.04 Å². The molecule has 0 aromatic carbocycles. The standard InChI is InChI=1S/C23H26ClN7/c1-17-16-30(22-19(24)7-5-9-26-22)12-13-31(17)21-14-20(18-6-4-8-25-15-18)27-23(28-21)29-10-2-3-11-29/h4-9,14-15,17H,2-3,10-13,16H2,1H3. The van der Waals surface area contributed by atoms with Crippen LogP contribution in [-0.4, -0.2) is 58.7 Å². The molecule has 3 aromatic rings. The highest BCUT2D eigenvalue weighted by molar-refractivity contribution is 6.32. The van der Waals surface area contributed by atoms with Crippen molar-refractivity contribution in [3.8, 4) is 11.3 Å². The molecule has 0 N–H and O–H groups in total. The SMILES string of the molecule is CC1CN(c2ncccc2Cl)CCN1c1cc(-c2cccnc2)nc(N2CCCC2)n1. The molecule has 0 saturated carbocycles. The van der Waals surface area contributed by atoms with Crippen molar-refractivity contribution in [3.63, 3.8) is 0 Å². The summed E-state index contributed by atoms with van der Waals surface area (Å²) in [6.45, 7) is 6.77. The Balaban J connectivity index is 1.45. The summed E-state index contributed by atoms with van der Waals surface area (Å²) >= 11 is 6.39. The molecule has 31 heavy (non-hydrogen) atoms. The highest BCUT2D eigenvalue weighted by Gasteiger charge is 2.28. The number of piperazine rings is 1. The van der Waals surface area contributed by atoms with Crippen LogP contribution in [0.25, 0.3) is 11.3 Å². The Kier molecular flexibility index (Phi) is 5.59. The topological polar surface area (TPSA) is 61.3 Å². The molecule has 8 heteroatoms. The molecule has 0 spiro atoms. The lowest BCUT2D eigenvalue weighted by Crippen LogP contribution is -2.52. The molecule has 160 valence electrons. The smallest absolute Gasteiger partial charge is 0.227 e. The van der Waals surface area contributed by atoms with Crippen LogP contribution in [0, 0.1) is 0 Å². The van der Waals surface area contributed by atoms with Gasteiger partial charge in [0.2, 0.25) is 5.95 Å². The number of halogens is 1. The summed E-state index contributed by atoms with van der Waals surface area (Å²) in [6, 6.07) is 10.1. The van der Waals surface area contributed by atoms with Crippen molar-refractivity contribution in [1.82, 2.24) is 19.9 Å². The third-order valence-electron chi connectivity index (χ3n) is 6.01. The first-order valence-corrected chi connectivity index (χ1v) is 11.2. The van der Waals surface area contributed by atoms with Gasteiger partial charge in [-0.1, -0.05) is 11.6 Å². The van der Waals surface area contributed by atoms with Gasteiger partial charge >= 0.3 is 0 Å². The molecule has 0 aliphatic carbocycles. The van der Waals surface area contributed by atoms with Gasteiger partial charge in [-0.3, -0.25) is 4.98 Å². The van der Waals surface area contributed by atoms with Crippen molar-refractivity contribution in [2.45, 2.75) is 25.8 Å². The van der Waals surface area contributed by atoms with Gasteiger partial charge in [0.25, 0.3) is 0 Å². The summed E-state index contributed by atoms with van der Waals surface area (Å²) in [4.78, 5) is 25.6. The molecule has 0 radical (unpaired) electrons. The highest BCUT2D eigenvalue weighted by atomic mass is 35.5. The summed E-state index contributed by atoms with van der Waals surface area (Å²) in [5, 5.41) is 0.695. The second-order valence-electron chi connectivity index (χ2n) is 8.14. The van der Waals surface area contributed by atoms with Gasteiger partial charge in [-0.25, -0.2) is 9.97 Å². The maximum Gasteiger partial charge on any atom is 0.227 e. The average molecular weight is 436 g/mol. The second kappa shape index (κ2) is 8.67. The summed E-state index contributed by atoms with van der Waals surface area (Å²) in [7, 11) is 0. The van der Waals surface area contributed by atoms with Gasteiger partial charge in [0.15, 0.2) is 0 Å². The monoisotopic (exact) mass is 435 g/mol. The Bertz CT molecular complexity index is 1040. The van der Waals surface area contributed by atoms with Crippen LogP contribution in [0.4, 0.5) is 17.6 Å². The predicted molar refractivity (Wildman–Crippen MR) is 125 cm³/mol. The largest absolute Gasteiger partial charge is 0.352 e. The molecule has 2 aliphatic rings. The van der Waals surface area contributed by atoms with Crippen molar-refractivity contribution >= 4 is 29.2 Å². The number of pyridine rings is 2. The van der Waals surface area contributed by atoms with Gasteiger partial charge in [-0.2, -0.15) is 4.98 Å². The normalized spacial score (nSPS) is 19.2. The van der Waals surface area contributed by atoms with Gasteiger partial charge in [-0.15, -0.1) is 0 Å². The molecule has 1 unspecified atom stereocenters. The van der Waals surface area contributed by atoms with E-state index in [2.05, 4.69) is 43.7 Å². The zero-order chi connectivity index (χ0) is 21.2. The van der Waals surface area contributed by atoms with E-state index >= 15 is 0 Å². The molecular weight excluding hydrogens is 410 g/mol. The van der Waals surface area contributed by atoms with Crippen molar-refractivity contribution < 1.29 is 0 Å². The minimum absolute atomic E-state index is 0.259. The molecule has 0 amide bonds. The average Bonchev–Trinajstić information content (AvgIpc) is 3.35. The van der Waals surface area contributed by atoms with E-state index in [9.17, 15) is 0 Å². The number of rotatable bonds is 4. The molecule has 5 heterocycles. The summed E-state index contributed by atoms with van der Waals surface area (Å²) < 4.78 is 0. The van der Waals surface area contributed by atoms with Crippen LogP contribution in [0.5, 0.6) is 0 Å². The lowest BCUT2D eigenvalue weighted by Gasteiger charge is -2.41. The third-order valence-corrected chi connectivity index (χ3v) is 6.30. The second-order valence-corrected chi connectivity index (χ2v) is 8.55. The fourth-order valence-electron chi connectivity index (χ4n) is 4.39. The number of hydrogen-bond donors (Lipinski definition) is 0. The van der Waals surface area contributed by atoms with Crippen molar-refractivity contribution in [1.29, 1.82) is 0 Å². The van der Waals surface area contributed by atoms with Crippen LogP contribution in [0.1, 0.15) is 19.8 Å². The highest BCUT2D eigenvalue weighted by Crippen LogP contribution is 2.30. The van der Waals surface area contributed by atoms with E-state index in [0.717, 1.165) is 61.6 Å². The Hall–Kier alpha value is -2.93. The molecule has 2 fully saturated rings. The summed E-state index contributed by atoms with van der Waals surface area (Å²) in [6.07, 6.45) is 7.83. The molecule has 1 atom stereocenters. The number of anilines is 3. The van der Waals surface area contributed by atoms with Crippen molar-refractivity contribution in [3.05, 3.63) is 53.9 Å². The zero-order valence-electron chi connectivity index (χ0n) is 17.7. The van der Waals surface area contributed by atoms with Gasteiger partial charge < -0.3 is 14.7 Å². The van der Waals surface area contributed by atoms with Crippen LogP contribution >= 0.6 is 11.6 Å². The first-order chi connectivity index (χ1) is 15.2. The number of aromatic nitrogens is 4. The lowest BCUT2D eigenvalue weighted by molar-refractivity contribution is 0.542. The van der Waals surface area contributed by atoms with Crippen molar-refractivity contribution in [2.75, 3.05) is 47.4 Å². The molecule has 2 aliphatic heterocycles. The first kappa shape index (κ1) is 20.0. The van der Waals surface area contributed by atoms with E-state index in [4.69, 9.17) is 21.6 Å². The van der Waals surface area contributed by atoms with Crippen LogP contribution in [-0.2, 0) is 0 Å². The molecule has 3 aromatic heterocycles. The Labute approximate surface area is 187 Å². The quantitative estimate of drug-likeness (QED) is 0.615. The Morgan fingerprint density at radius 1 is 0.968 bits per heavy atom. The molecule has 7 nitrogen and oxygen atoms in total. The number of hydrogen-bond acceptors (Lipinski definition) is 7. The first-order valence-electron chi connectivity index (χ1n) is 10.9. The number of nitrogens with zero attached hydrogens (tertiary/aromatic N) is 7. The summed E-state index contributed by atoms with van der Waals surface area (Å²) in [5.41, 5.74) is 1.93. The molecule has 0 bridgehead atoms. The van der Waals surface area contributed by atoms with Gasteiger partial charge in [-0.05, 0) is 44.0 Å². The third kappa shape index (κ3) is 4.14. The summed E-state index contributed by atoms with van der Waals surface area (Å²) in [5.74, 6) is 2.64. The Morgan fingerprint density at radius 2 is 1.81 bits per heavy atom. The van der Waals surface area contributed by atoms with E-state index in [1.165, 1.54) is 12.8 Å². The molecule has 2 saturated heterocycles. The van der Waals surface area contributed by atoms with Gasteiger partial charge in [0.05, 0.1) is 10.7 Å². The molecular formula is C23H26ClN7. The van der Waals surface area contributed by atoms with E-state index in [1.54, 1.807) is 12.4 Å². The lowest BCUT2D eigenvalue weighted by atomic mass is 10.1. The van der Waals surface area contributed by atoms with Crippen LogP contribution in [0.15, 0.2) is 48.9 Å². The zero-order valence-corrected chi connectivity index (χ0v) is 18.4. The van der Waals surface area contributed by atoms with Crippen LogP contribution in [0.2, 0.25) is 5.02 Å². The van der Waals surface area contributed by atoms with Crippen LogP contribution in [0.3, 0.4) is 0 Å². The molecule has 5 rings (SSSR count). The maximum atomic E-state index is 6.39. The predicted octanol–water partition coefficient (Wildman–Crippen LogP) is 3.90. The Morgan fingerprint density at radius 3 is 2.55 bits per heavy atom. The van der Waals surface area contributed by atoms with Crippen molar-refractivity contribution in [2.24, 2.45) is 0 Å². The van der Waals surface area contributed by atoms with E-state index in [0.29, 0.717) is 5.02 Å². The minimum Gasteiger partial charge on any atom is -0.352 e. The van der Waals surface area contributed by atoms with Gasteiger partial charge in [0.1, 0.15) is 11.6 Å². The van der Waals surface area contributed by atoms with E-state index < -0.39 is 0 Å². The fraction of sp³-hybridized carbons (Fsp3) is 0.391. The van der Waals surface area contributed by atoms with Crippen LogP contribution < -0.4 is 14.7 Å². The maximum absolute atomic E-state index is 6.39. The van der Waals surface area contributed by atoms with E-state index in [1.807, 2.05) is 24.4 Å². The fourth-order valence-corrected chi connectivity index (χ4v) is 4.63. The van der Waals surface area contributed by atoms with Gasteiger partial charge in [0, 0.05) is 69.0 Å². The minimum atomic E-state index is 0.259.